The molecule has 1 aromatic heterocycles. The van der Waals surface area contributed by atoms with Crippen molar-refractivity contribution in [2.24, 2.45) is 0 Å². The van der Waals surface area contributed by atoms with Gasteiger partial charge in [0.1, 0.15) is 5.76 Å². The first kappa shape index (κ1) is 24.4. The quantitative estimate of drug-likeness (QED) is 0.536. The Balaban J connectivity index is 1.36. The molecule has 1 aliphatic heterocycles. The summed E-state index contributed by atoms with van der Waals surface area (Å²) in [4.78, 5) is 29.4. The number of anilines is 1. The second kappa shape index (κ2) is 10.2. The van der Waals surface area contributed by atoms with Crippen LogP contribution in [0, 0.1) is 0 Å². The maximum atomic E-state index is 13.1. The summed E-state index contributed by atoms with van der Waals surface area (Å²) in [7, 11) is 1.73. The molecule has 1 N–H and O–H groups in total. The zero-order valence-electron chi connectivity index (χ0n) is 19.2. The number of para-hydroxylation sites is 1. The molecule has 3 aromatic rings. The van der Waals surface area contributed by atoms with Crippen LogP contribution in [0.5, 0.6) is 0 Å². The molecule has 0 atom stereocenters. The molecule has 35 heavy (non-hydrogen) atoms. The molecule has 0 aliphatic carbocycles. The van der Waals surface area contributed by atoms with Gasteiger partial charge >= 0.3 is 6.18 Å². The molecule has 184 valence electrons. The molecular formula is C26H26F3N3O3. The average Bonchev–Trinajstić information content (AvgIpc) is 3.36. The summed E-state index contributed by atoms with van der Waals surface area (Å²) in [6.45, 7) is 1.62. The van der Waals surface area contributed by atoms with E-state index in [0.29, 0.717) is 43.8 Å². The highest BCUT2D eigenvalue weighted by atomic mass is 19.4. The molecule has 0 spiro atoms. The van der Waals surface area contributed by atoms with Crippen LogP contribution < -0.4 is 10.2 Å². The van der Waals surface area contributed by atoms with Gasteiger partial charge < -0.3 is 19.5 Å². The predicted octanol–water partition coefficient (Wildman–Crippen LogP) is 4.97. The number of benzene rings is 2. The number of carbonyl (C=O) groups is 2. The zero-order valence-corrected chi connectivity index (χ0v) is 19.2. The Morgan fingerprint density at radius 3 is 2.34 bits per heavy atom. The zero-order chi connectivity index (χ0) is 25.0. The number of nitrogens with zero attached hydrogens (tertiary/aromatic N) is 2. The lowest BCUT2D eigenvalue weighted by Crippen LogP contribution is -2.45. The summed E-state index contributed by atoms with van der Waals surface area (Å²) in [6, 6.07) is 15.1. The molecule has 2 amide bonds. The van der Waals surface area contributed by atoms with E-state index in [-0.39, 0.29) is 17.5 Å². The monoisotopic (exact) mass is 485 g/mol. The van der Waals surface area contributed by atoms with Crippen molar-refractivity contribution in [3.63, 3.8) is 0 Å². The fourth-order valence-electron chi connectivity index (χ4n) is 4.19. The predicted molar refractivity (Wildman–Crippen MR) is 125 cm³/mol. The maximum Gasteiger partial charge on any atom is 0.416 e. The highest BCUT2D eigenvalue weighted by Crippen LogP contribution is 2.29. The van der Waals surface area contributed by atoms with Crippen molar-refractivity contribution >= 4 is 17.5 Å². The Labute approximate surface area is 201 Å². The van der Waals surface area contributed by atoms with Gasteiger partial charge in [-0.15, -0.1) is 0 Å². The maximum absolute atomic E-state index is 13.1. The Hall–Kier alpha value is -3.75. The lowest BCUT2D eigenvalue weighted by molar-refractivity contribution is -0.137. The lowest BCUT2D eigenvalue weighted by Gasteiger charge is -2.35. The summed E-state index contributed by atoms with van der Waals surface area (Å²) >= 11 is 0. The van der Waals surface area contributed by atoms with E-state index < -0.39 is 17.6 Å². The Bertz CT molecular complexity index is 1150. The molecule has 9 heteroatoms. The third kappa shape index (κ3) is 5.85. The fourth-order valence-corrected chi connectivity index (χ4v) is 4.19. The van der Waals surface area contributed by atoms with Crippen LogP contribution in [0.4, 0.5) is 18.9 Å². The van der Waals surface area contributed by atoms with Crippen LogP contribution in [0.1, 0.15) is 44.9 Å². The van der Waals surface area contributed by atoms with Crippen molar-refractivity contribution in [2.75, 3.05) is 25.0 Å². The van der Waals surface area contributed by atoms with Crippen LogP contribution in [0.2, 0.25) is 0 Å². The third-order valence-corrected chi connectivity index (χ3v) is 6.10. The molecule has 0 unspecified atom stereocenters. The van der Waals surface area contributed by atoms with Crippen molar-refractivity contribution in [2.45, 2.75) is 31.6 Å². The molecular weight excluding hydrogens is 459 g/mol. The summed E-state index contributed by atoms with van der Waals surface area (Å²) in [5.74, 6) is 0.185. The topological polar surface area (TPSA) is 65.8 Å². The molecule has 2 heterocycles. The minimum absolute atomic E-state index is 0.106. The van der Waals surface area contributed by atoms with Gasteiger partial charge in [-0.1, -0.05) is 12.1 Å². The van der Waals surface area contributed by atoms with E-state index in [1.807, 2.05) is 24.3 Å². The number of piperidine rings is 1. The fraction of sp³-hybridized carbons (Fsp3) is 0.308. The number of nitrogens with one attached hydrogen (secondary N) is 1. The van der Waals surface area contributed by atoms with Gasteiger partial charge in [0.05, 0.1) is 23.9 Å². The van der Waals surface area contributed by atoms with Gasteiger partial charge in [-0.25, -0.2) is 0 Å². The number of alkyl halides is 3. The van der Waals surface area contributed by atoms with Gasteiger partial charge in [0.2, 0.25) is 0 Å². The van der Waals surface area contributed by atoms with Crippen LogP contribution in [0.25, 0.3) is 0 Å². The van der Waals surface area contributed by atoms with Crippen molar-refractivity contribution in [1.82, 2.24) is 10.2 Å². The van der Waals surface area contributed by atoms with E-state index in [9.17, 15) is 22.8 Å². The van der Waals surface area contributed by atoms with Crippen LogP contribution in [-0.4, -0.2) is 42.9 Å². The highest BCUT2D eigenvalue weighted by Gasteiger charge is 2.30. The minimum atomic E-state index is -4.44. The molecule has 0 saturated carbocycles. The van der Waals surface area contributed by atoms with E-state index in [4.69, 9.17) is 4.42 Å². The number of hydrogen-bond donors (Lipinski definition) is 1. The average molecular weight is 486 g/mol. The Morgan fingerprint density at radius 2 is 1.71 bits per heavy atom. The molecule has 6 nitrogen and oxygen atoms in total. The van der Waals surface area contributed by atoms with E-state index >= 15 is 0 Å². The molecule has 1 aliphatic rings. The standard InChI is InChI=1S/C26H26F3N3O3/c1-31(17-21-5-4-16-35-21)25(34)22-6-2-3-7-23(22)32-14-12-20(13-15-32)30-24(33)18-8-10-19(11-9-18)26(27,28)29/h2-11,16,20H,12-15,17H2,1H3,(H,30,33). The SMILES string of the molecule is CN(Cc1ccco1)C(=O)c1ccccc1N1CCC(NC(=O)c2ccc(C(F)(F)F)cc2)CC1. The minimum Gasteiger partial charge on any atom is -0.467 e. The van der Waals surface area contributed by atoms with Gasteiger partial charge in [0.15, 0.2) is 0 Å². The second-order valence-electron chi connectivity index (χ2n) is 8.57. The Morgan fingerprint density at radius 1 is 1.03 bits per heavy atom. The third-order valence-electron chi connectivity index (χ3n) is 6.10. The van der Waals surface area contributed by atoms with Gasteiger partial charge in [0.25, 0.3) is 11.8 Å². The van der Waals surface area contributed by atoms with Crippen molar-refractivity contribution in [3.05, 3.63) is 89.4 Å². The van der Waals surface area contributed by atoms with Crippen molar-refractivity contribution in [3.8, 4) is 0 Å². The number of hydrogen-bond acceptors (Lipinski definition) is 4. The van der Waals surface area contributed by atoms with Crippen molar-refractivity contribution in [1.29, 1.82) is 0 Å². The lowest BCUT2D eigenvalue weighted by atomic mass is 10.0. The molecule has 0 radical (unpaired) electrons. The summed E-state index contributed by atoms with van der Waals surface area (Å²) in [5.41, 5.74) is 0.825. The van der Waals surface area contributed by atoms with Crippen LogP contribution in [-0.2, 0) is 12.7 Å². The van der Waals surface area contributed by atoms with Crippen LogP contribution in [0.15, 0.2) is 71.3 Å². The molecule has 4 rings (SSSR count). The number of rotatable bonds is 6. The first-order valence-corrected chi connectivity index (χ1v) is 11.3. The van der Waals surface area contributed by atoms with Gasteiger partial charge in [-0.3, -0.25) is 9.59 Å². The molecule has 1 fully saturated rings. The summed E-state index contributed by atoms with van der Waals surface area (Å²) < 4.78 is 43.6. The normalized spacial score (nSPS) is 14.6. The van der Waals surface area contributed by atoms with E-state index in [1.54, 1.807) is 30.3 Å². The van der Waals surface area contributed by atoms with Gasteiger partial charge in [-0.05, 0) is 61.4 Å². The van der Waals surface area contributed by atoms with Crippen LogP contribution in [0.3, 0.4) is 0 Å². The van der Waals surface area contributed by atoms with Crippen molar-refractivity contribution < 1.29 is 27.2 Å². The number of halogens is 3. The Kier molecular flexibility index (Phi) is 7.14. The molecule has 2 aromatic carbocycles. The van der Waals surface area contributed by atoms with E-state index in [0.717, 1.165) is 17.8 Å². The van der Waals surface area contributed by atoms with Gasteiger partial charge in [0, 0.05) is 37.4 Å². The van der Waals surface area contributed by atoms with E-state index in [2.05, 4.69) is 10.2 Å². The highest BCUT2D eigenvalue weighted by molar-refractivity contribution is 5.99. The number of amides is 2. The van der Waals surface area contributed by atoms with E-state index in [1.165, 1.54) is 12.1 Å². The smallest absolute Gasteiger partial charge is 0.416 e. The number of carbonyl (C=O) groups excluding carboxylic acids is 2. The summed E-state index contributed by atoms with van der Waals surface area (Å²) in [6.07, 6.45) is -1.57. The number of furan rings is 1. The first-order valence-electron chi connectivity index (χ1n) is 11.3. The molecule has 0 bridgehead atoms. The largest absolute Gasteiger partial charge is 0.467 e. The van der Waals surface area contributed by atoms with Crippen LogP contribution >= 0.6 is 0 Å². The summed E-state index contributed by atoms with van der Waals surface area (Å²) in [5, 5.41) is 2.91. The second-order valence-corrected chi connectivity index (χ2v) is 8.57. The first-order chi connectivity index (χ1) is 16.7. The van der Waals surface area contributed by atoms with Gasteiger partial charge in [-0.2, -0.15) is 13.2 Å². The molecule has 1 saturated heterocycles.